The van der Waals surface area contributed by atoms with Crippen LogP contribution < -0.4 is 19.5 Å². The van der Waals surface area contributed by atoms with Gasteiger partial charge in [-0.1, -0.05) is 63.2 Å². The summed E-state index contributed by atoms with van der Waals surface area (Å²) in [5.74, 6) is -0.249. The summed E-state index contributed by atoms with van der Waals surface area (Å²) in [6.45, 7) is 8.12. The van der Waals surface area contributed by atoms with Crippen LogP contribution in [0.1, 0.15) is 27.7 Å². The lowest BCUT2D eigenvalue weighted by molar-refractivity contribution is -0.0499. The molecule has 0 amide bonds. The first-order chi connectivity index (χ1) is 13.7. The highest BCUT2D eigenvalue weighted by Gasteiger charge is 2.50. The highest BCUT2D eigenvalue weighted by molar-refractivity contribution is 7.88. The van der Waals surface area contributed by atoms with E-state index >= 15 is 0 Å². The Balaban J connectivity index is 2.76. The molecule has 0 radical (unpaired) electrons. The molecule has 4 nitrogen and oxygen atoms in total. The number of alkyl halides is 3. The van der Waals surface area contributed by atoms with Crippen LogP contribution >= 0.6 is 0 Å². The van der Waals surface area contributed by atoms with Gasteiger partial charge in [-0.05, 0) is 34.5 Å². The summed E-state index contributed by atoms with van der Waals surface area (Å²) in [7, 11) is -4.66. The number of hydrogen-bond acceptors (Lipinski definition) is 4. The summed E-state index contributed by atoms with van der Waals surface area (Å²) in [6.07, 6.45) is 0. The lowest BCUT2D eigenvalue weighted by Crippen LogP contribution is -2.63. The molecule has 0 heterocycles. The standard InChI is InChI=1S/C21H28F3NO3SSi/c1-15(2)30(16(3)4,18-13-11-17(12-14-18)25(5)6)20-10-8-7-9-19(20)28-29(26,27)21(22,23)24/h7-16H,1-6H3. The van der Waals surface area contributed by atoms with Crippen molar-refractivity contribution >= 4 is 34.3 Å². The number of rotatable bonds is 7. The average molecular weight is 460 g/mol. The van der Waals surface area contributed by atoms with Gasteiger partial charge in [0.1, 0.15) is 13.8 Å². The van der Waals surface area contributed by atoms with Gasteiger partial charge in [0.2, 0.25) is 0 Å². The number of benzene rings is 2. The Bertz CT molecular complexity index is 964. The maximum Gasteiger partial charge on any atom is 0.534 e. The van der Waals surface area contributed by atoms with Gasteiger partial charge in [-0.2, -0.15) is 21.6 Å². The summed E-state index contributed by atoms with van der Waals surface area (Å²) >= 11 is 0. The van der Waals surface area contributed by atoms with E-state index in [4.69, 9.17) is 0 Å². The van der Waals surface area contributed by atoms with Gasteiger partial charge in [-0.15, -0.1) is 0 Å². The van der Waals surface area contributed by atoms with Gasteiger partial charge in [0.05, 0.1) is 0 Å². The molecule has 0 bridgehead atoms. The van der Waals surface area contributed by atoms with Crippen molar-refractivity contribution in [2.24, 2.45) is 0 Å². The average Bonchev–Trinajstić information content (AvgIpc) is 2.62. The van der Waals surface area contributed by atoms with E-state index in [0.717, 1.165) is 10.9 Å². The molecule has 0 aliphatic heterocycles. The lowest BCUT2D eigenvalue weighted by Gasteiger charge is -2.41. The number of hydrogen-bond donors (Lipinski definition) is 0. The van der Waals surface area contributed by atoms with Crippen LogP contribution in [0.2, 0.25) is 11.1 Å². The fourth-order valence-corrected chi connectivity index (χ4v) is 10.6. The predicted molar refractivity (Wildman–Crippen MR) is 118 cm³/mol. The molecule has 0 spiro atoms. The van der Waals surface area contributed by atoms with E-state index in [1.807, 2.05) is 71.0 Å². The first-order valence-electron chi connectivity index (χ1n) is 9.63. The first kappa shape index (κ1) is 24.3. The van der Waals surface area contributed by atoms with Gasteiger partial charge in [0.25, 0.3) is 0 Å². The van der Waals surface area contributed by atoms with E-state index in [9.17, 15) is 21.6 Å². The predicted octanol–water partition coefficient (Wildman–Crippen LogP) is 4.36. The lowest BCUT2D eigenvalue weighted by atomic mass is 10.3. The highest BCUT2D eigenvalue weighted by atomic mass is 32.2. The molecule has 30 heavy (non-hydrogen) atoms. The topological polar surface area (TPSA) is 46.6 Å². The summed E-state index contributed by atoms with van der Waals surface area (Å²) in [4.78, 5) is 1.96. The van der Waals surface area contributed by atoms with Crippen molar-refractivity contribution in [3.05, 3.63) is 48.5 Å². The van der Waals surface area contributed by atoms with Gasteiger partial charge in [-0.25, -0.2) is 0 Å². The normalized spacial score (nSPS) is 13.0. The monoisotopic (exact) mass is 459 g/mol. The Labute approximate surface area is 177 Å². The van der Waals surface area contributed by atoms with Crippen molar-refractivity contribution in [3.8, 4) is 5.75 Å². The maximum atomic E-state index is 13.0. The van der Waals surface area contributed by atoms with E-state index < -0.39 is 23.7 Å². The highest BCUT2D eigenvalue weighted by Crippen LogP contribution is 2.36. The Kier molecular flexibility index (Phi) is 6.98. The zero-order valence-electron chi connectivity index (χ0n) is 18.0. The smallest absolute Gasteiger partial charge is 0.378 e. The summed E-state index contributed by atoms with van der Waals surface area (Å²) < 4.78 is 67.2. The van der Waals surface area contributed by atoms with E-state index in [0.29, 0.717) is 5.19 Å². The van der Waals surface area contributed by atoms with Gasteiger partial charge in [0.15, 0.2) is 0 Å². The van der Waals surface area contributed by atoms with Crippen LogP contribution in [-0.4, -0.2) is 36.1 Å². The second-order valence-corrected chi connectivity index (χ2v) is 14.8. The molecule has 0 aliphatic carbocycles. The fraction of sp³-hybridized carbons (Fsp3) is 0.429. The third-order valence-corrected chi connectivity index (χ3v) is 12.7. The Morgan fingerprint density at radius 2 is 1.40 bits per heavy atom. The largest absolute Gasteiger partial charge is 0.534 e. The molecule has 0 fully saturated rings. The van der Waals surface area contributed by atoms with Crippen LogP contribution in [0, 0.1) is 0 Å². The van der Waals surface area contributed by atoms with Crippen molar-refractivity contribution in [3.63, 3.8) is 0 Å². The van der Waals surface area contributed by atoms with E-state index in [1.54, 1.807) is 12.1 Å². The van der Waals surface area contributed by atoms with Gasteiger partial charge in [-0.3, -0.25) is 0 Å². The molecule has 2 rings (SSSR count). The minimum atomic E-state index is -5.77. The van der Waals surface area contributed by atoms with Crippen LogP contribution in [-0.2, 0) is 10.1 Å². The molecule has 166 valence electrons. The molecule has 2 aromatic rings. The molecule has 0 atom stereocenters. The zero-order valence-corrected chi connectivity index (χ0v) is 19.8. The van der Waals surface area contributed by atoms with Crippen LogP contribution in [0.5, 0.6) is 5.75 Å². The third kappa shape index (κ3) is 4.37. The SMILES string of the molecule is CC(C)[Si](c1ccc(N(C)C)cc1)(c1ccccc1OS(=O)(=O)C(F)(F)F)C(C)C. The van der Waals surface area contributed by atoms with Crippen molar-refractivity contribution in [2.45, 2.75) is 44.3 Å². The molecule has 0 N–H and O–H groups in total. The number of para-hydroxylation sites is 1. The molecule has 0 saturated carbocycles. The maximum absolute atomic E-state index is 13.0. The van der Waals surface area contributed by atoms with Crippen LogP contribution in [0.15, 0.2) is 48.5 Å². The van der Waals surface area contributed by atoms with Crippen molar-refractivity contribution in [2.75, 3.05) is 19.0 Å². The quantitative estimate of drug-likeness (QED) is 0.351. The Hall–Kier alpha value is -2.00. The van der Waals surface area contributed by atoms with E-state index in [-0.39, 0.29) is 16.8 Å². The van der Waals surface area contributed by atoms with Crippen LogP contribution in [0.25, 0.3) is 0 Å². The van der Waals surface area contributed by atoms with Gasteiger partial charge in [0, 0.05) is 19.8 Å². The molecular weight excluding hydrogens is 431 g/mol. The molecular formula is C21H28F3NO3SSi. The summed E-state index contributed by atoms with van der Waals surface area (Å²) in [5.41, 5.74) is -4.35. The number of halogens is 3. The Morgan fingerprint density at radius 1 is 0.900 bits per heavy atom. The van der Waals surface area contributed by atoms with Crippen molar-refractivity contribution < 1.29 is 25.8 Å². The van der Waals surface area contributed by atoms with Gasteiger partial charge >= 0.3 is 15.6 Å². The second-order valence-electron chi connectivity index (χ2n) is 8.10. The van der Waals surface area contributed by atoms with Crippen molar-refractivity contribution in [1.82, 2.24) is 0 Å². The molecule has 0 aromatic heterocycles. The minimum Gasteiger partial charge on any atom is -0.378 e. The second kappa shape index (κ2) is 8.62. The molecule has 9 heteroatoms. The zero-order chi connectivity index (χ0) is 22.9. The third-order valence-electron chi connectivity index (χ3n) is 5.50. The van der Waals surface area contributed by atoms with E-state index in [2.05, 4.69) is 4.18 Å². The minimum absolute atomic E-state index is 0.0704. The van der Waals surface area contributed by atoms with E-state index in [1.165, 1.54) is 12.1 Å². The number of nitrogens with zero attached hydrogens (tertiary/aromatic N) is 1. The fourth-order valence-electron chi connectivity index (χ4n) is 4.19. The molecule has 0 unspecified atom stereocenters. The molecule has 0 saturated heterocycles. The number of anilines is 1. The first-order valence-corrected chi connectivity index (χ1v) is 13.2. The van der Waals surface area contributed by atoms with Crippen LogP contribution in [0.4, 0.5) is 18.9 Å². The Morgan fingerprint density at radius 3 is 1.83 bits per heavy atom. The van der Waals surface area contributed by atoms with Crippen molar-refractivity contribution in [1.29, 1.82) is 0 Å². The summed E-state index contributed by atoms with van der Waals surface area (Å²) in [6, 6.07) is 14.1. The molecule has 0 aliphatic rings. The van der Waals surface area contributed by atoms with Crippen LogP contribution in [0.3, 0.4) is 0 Å². The molecule has 2 aromatic carbocycles. The summed E-state index contributed by atoms with van der Waals surface area (Å²) in [5, 5.41) is 1.55. The van der Waals surface area contributed by atoms with Gasteiger partial charge < -0.3 is 9.08 Å².